The van der Waals surface area contributed by atoms with Crippen LogP contribution in [0.2, 0.25) is 0 Å². The average molecular weight is 847 g/mol. The fourth-order valence-electron chi connectivity index (χ4n) is 0. The zero-order valence-electron chi connectivity index (χ0n) is 5.54. The van der Waals surface area contributed by atoms with Gasteiger partial charge in [0.1, 0.15) is 0 Å². The van der Waals surface area contributed by atoms with Crippen molar-refractivity contribution >= 4 is 167 Å². The minimum absolute atomic E-state index is 0. The van der Waals surface area contributed by atoms with Gasteiger partial charge in [-0.05, 0) is 0 Å². The van der Waals surface area contributed by atoms with Gasteiger partial charge in [-0.2, -0.15) is 0 Å². The monoisotopic (exact) mass is 855 g/mol. The Morgan fingerprint density at radius 2 is 0.286 bits per heavy atom. The van der Waals surface area contributed by atoms with E-state index in [1.807, 2.05) is 0 Å². The van der Waals surface area contributed by atoms with Gasteiger partial charge in [0.2, 0.25) is 0 Å². The first-order valence-corrected chi connectivity index (χ1v) is 0. The first-order valence-electron chi connectivity index (χ1n) is 0. The van der Waals surface area contributed by atoms with E-state index in [0.717, 1.165) is 0 Å². The molecule has 0 amide bonds. The first kappa shape index (κ1) is 54.1. The summed E-state index contributed by atoms with van der Waals surface area (Å²) in [5, 5.41) is 0. The van der Waals surface area contributed by atoms with Crippen LogP contribution in [0.3, 0.4) is 0 Å². The summed E-state index contributed by atoms with van der Waals surface area (Å²) in [6.45, 7) is 0. The van der Waals surface area contributed by atoms with Crippen LogP contribution in [0, 0.1) is 0 Å². The van der Waals surface area contributed by atoms with Crippen LogP contribution in [0.25, 0.3) is 0 Å². The Morgan fingerprint density at radius 3 is 0.286 bits per heavy atom. The molecule has 0 aromatic rings. The Morgan fingerprint density at radius 1 is 0.286 bits per heavy atom. The molecule has 0 aromatic heterocycles. The topological polar surface area (TPSA) is 0 Å². The molecule has 0 aliphatic rings. The molecule has 0 atom stereocenters. The van der Waals surface area contributed by atoms with Crippen LogP contribution in [0.4, 0.5) is 0 Å². The molecule has 44 valence electrons. The Hall–Kier alpha value is 5.59. The molecule has 0 spiro atoms. The number of rotatable bonds is 0. The van der Waals surface area contributed by atoms with Crippen LogP contribution < -0.4 is 0 Å². The van der Waals surface area contributed by atoms with Crippen LogP contribution in [0.15, 0.2) is 0 Å². The number of hydrogen-bond donors (Lipinski definition) is 0. The van der Waals surface area contributed by atoms with Gasteiger partial charge in [-0.1, -0.05) is 0 Å². The van der Waals surface area contributed by atoms with Crippen LogP contribution in [0.1, 0.15) is 0 Å². The molecule has 7 heavy (non-hydrogen) atoms. The van der Waals surface area contributed by atoms with Gasteiger partial charge in [0, 0.05) is 0 Å². The molecule has 0 N–H and O–H groups in total. The zero-order chi connectivity index (χ0) is 0. The van der Waals surface area contributed by atoms with E-state index in [4.69, 9.17) is 0 Å². The minimum atomic E-state index is 0. The summed E-state index contributed by atoms with van der Waals surface area (Å²) in [6.07, 6.45) is 0. The Bertz CT molecular complexity index is 0. The van der Waals surface area contributed by atoms with Crippen LogP contribution in [0.5, 0.6) is 0 Å². The van der Waals surface area contributed by atoms with Gasteiger partial charge in [0.25, 0.3) is 0 Å². The van der Waals surface area contributed by atoms with Gasteiger partial charge in [0.15, 0.2) is 0 Å². The molecule has 0 unspecified atom stereocenters. The molecule has 0 heterocycles. The molecule has 0 aliphatic carbocycles. The maximum absolute atomic E-state index is 0. The second-order valence-corrected chi connectivity index (χ2v) is 0. The van der Waals surface area contributed by atoms with Crippen molar-refractivity contribution in [3.63, 3.8) is 0 Å². The van der Waals surface area contributed by atoms with Crippen LogP contribution >= 0.6 is 0 Å². The molecule has 0 saturated carbocycles. The maximum atomic E-state index is 0. The third-order valence-electron chi connectivity index (χ3n) is 0. The third-order valence-corrected chi connectivity index (χ3v) is 0. The van der Waals surface area contributed by atoms with Gasteiger partial charge < -0.3 is 0 Å². The molecule has 0 aliphatic heterocycles. The number of hydrogen-bond acceptors (Lipinski definition) is 0. The van der Waals surface area contributed by atoms with Gasteiger partial charge in [0.05, 0.1) is 0 Å². The third kappa shape index (κ3) is 34.1. The van der Waals surface area contributed by atoms with Crippen molar-refractivity contribution in [2.24, 2.45) is 0 Å². The Kier molecular flexibility index (Phi) is 322. The predicted octanol–water partition coefficient (Wildman–Crippen LogP) is -6.95. The second kappa shape index (κ2) is 41.6. The fraction of sp³-hybridized carbons (Fsp3) is 0. The molecule has 0 aromatic carbocycles. The van der Waals surface area contributed by atoms with Crippen LogP contribution in [-0.2, 0) is 0 Å². The molecular formula is H16Sn7. The van der Waals surface area contributed by atoms with Crippen molar-refractivity contribution in [2.75, 3.05) is 0 Å². The van der Waals surface area contributed by atoms with E-state index < -0.39 is 0 Å². The standard InChI is InChI=1S/7Sn.16H. The normalized spacial score (nSPS) is 0. The summed E-state index contributed by atoms with van der Waals surface area (Å²) >= 11 is 0. The van der Waals surface area contributed by atoms with Crippen molar-refractivity contribution in [2.45, 2.75) is 0 Å². The van der Waals surface area contributed by atoms with Gasteiger partial charge in [-0.15, -0.1) is 0 Å². The van der Waals surface area contributed by atoms with E-state index in [-0.39, 0.29) is 167 Å². The second-order valence-electron chi connectivity index (χ2n) is 0. The molecule has 0 bridgehead atoms. The van der Waals surface area contributed by atoms with E-state index in [0.29, 0.717) is 0 Å². The Balaban J connectivity index is 0. The summed E-state index contributed by atoms with van der Waals surface area (Å²) in [5.74, 6) is 0. The summed E-state index contributed by atoms with van der Waals surface area (Å²) in [6, 6.07) is 0. The van der Waals surface area contributed by atoms with Crippen molar-refractivity contribution in [3.05, 3.63) is 0 Å². The molecule has 0 saturated heterocycles. The van der Waals surface area contributed by atoms with Crippen molar-refractivity contribution in [1.82, 2.24) is 0 Å². The molecule has 12 radical (unpaired) electrons. The van der Waals surface area contributed by atoms with Gasteiger partial charge in [-0.3, -0.25) is 0 Å². The van der Waals surface area contributed by atoms with E-state index in [9.17, 15) is 0 Å². The average Bonchev–Trinajstić information content (AvgIpc) is 0. The van der Waals surface area contributed by atoms with Crippen molar-refractivity contribution in [1.29, 1.82) is 0 Å². The first-order chi connectivity index (χ1) is 0. The van der Waals surface area contributed by atoms with Crippen molar-refractivity contribution < 1.29 is 0 Å². The van der Waals surface area contributed by atoms with E-state index >= 15 is 0 Å². The van der Waals surface area contributed by atoms with E-state index in [1.54, 1.807) is 0 Å². The predicted molar refractivity (Wildman–Crippen MR) is 62.6 cm³/mol. The van der Waals surface area contributed by atoms with E-state index in [2.05, 4.69) is 0 Å². The van der Waals surface area contributed by atoms with E-state index in [1.165, 1.54) is 0 Å². The van der Waals surface area contributed by atoms with Crippen molar-refractivity contribution in [3.8, 4) is 0 Å². The Labute approximate surface area is 163 Å². The van der Waals surface area contributed by atoms with Crippen LogP contribution in [-0.4, -0.2) is 167 Å². The molecule has 7 heteroatoms. The molecule has 0 fully saturated rings. The van der Waals surface area contributed by atoms with Gasteiger partial charge >= 0.3 is 167 Å². The van der Waals surface area contributed by atoms with Gasteiger partial charge in [-0.25, -0.2) is 0 Å². The summed E-state index contributed by atoms with van der Waals surface area (Å²) < 4.78 is 0. The molecular weight excluding hydrogens is 831 g/mol. The summed E-state index contributed by atoms with van der Waals surface area (Å²) in [5.41, 5.74) is 0. The zero-order valence-corrected chi connectivity index (χ0v) is 37.1. The molecule has 0 rings (SSSR count). The fourth-order valence-corrected chi connectivity index (χ4v) is 0. The SMILES string of the molecule is [SnH2].[SnH2].[SnH2].[SnH2].[SnH2].[SnH3].[SnH3]. The molecule has 0 nitrogen and oxygen atoms in total. The summed E-state index contributed by atoms with van der Waals surface area (Å²) in [7, 11) is 0. The quantitative estimate of drug-likeness (QED) is 0.213. The summed E-state index contributed by atoms with van der Waals surface area (Å²) in [4.78, 5) is 0.